The topological polar surface area (TPSA) is 64.4 Å². The first kappa shape index (κ1) is 11.5. The Morgan fingerprint density at radius 2 is 2.33 bits per heavy atom. The van der Waals surface area contributed by atoms with Crippen LogP contribution in [-0.2, 0) is 4.79 Å². The summed E-state index contributed by atoms with van der Waals surface area (Å²) in [4.78, 5) is 11.1. The maximum atomic E-state index is 11.1. The lowest BCUT2D eigenvalue weighted by Crippen LogP contribution is -2.24. The normalized spacial score (nSPS) is 11.9. The molecule has 0 spiro atoms. The van der Waals surface area contributed by atoms with E-state index in [4.69, 9.17) is 10.5 Å². The molecule has 1 atom stereocenters. The third-order valence-electron chi connectivity index (χ3n) is 2.21. The molecule has 0 aromatic heterocycles. The lowest BCUT2D eigenvalue weighted by Gasteiger charge is -2.11. The lowest BCUT2D eigenvalue weighted by atomic mass is 10.0. The Balaban J connectivity index is 2.72. The van der Waals surface area contributed by atoms with Gasteiger partial charge in [0, 0.05) is 19.5 Å². The molecule has 82 valence electrons. The van der Waals surface area contributed by atoms with Crippen LogP contribution in [-0.4, -0.2) is 20.1 Å². The molecule has 1 rings (SSSR count). The van der Waals surface area contributed by atoms with Gasteiger partial charge in [-0.05, 0) is 17.7 Å². The molecule has 0 heterocycles. The number of ether oxygens (including phenoxy) is 1. The smallest absolute Gasteiger partial charge is 0.221 e. The van der Waals surface area contributed by atoms with Crippen LogP contribution in [0.5, 0.6) is 5.75 Å². The van der Waals surface area contributed by atoms with E-state index < -0.39 is 0 Å². The van der Waals surface area contributed by atoms with Crippen LogP contribution in [0.2, 0.25) is 0 Å². The van der Waals surface area contributed by atoms with Gasteiger partial charge >= 0.3 is 0 Å². The average molecular weight is 208 g/mol. The predicted molar refractivity (Wildman–Crippen MR) is 58.6 cm³/mol. The monoisotopic (exact) mass is 208 g/mol. The minimum atomic E-state index is -0.292. The molecule has 0 saturated heterocycles. The van der Waals surface area contributed by atoms with Crippen molar-refractivity contribution in [1.82, 2.24) is 5.32 Å². The van der Waals surface area contributed by atoms with Gasteiger partial charge in [-0.1, -0.05) is 12.1 Å². The minimum Gasteiger partial charge on any atom is -0.497 e. The number of benzene rings is 1. The predicted octanol–water partition coefficient (Wildman–Crippen LogP) is 0.831. The molecular formula is C11H16N2O2. The first-order valence-electron chi connectivity index (χ1n) is 4.77. The fourth-order valence-electron chi connectivity index (χ4n) is 1.29. The van der Waals surface area contributed by atoms with Crippen molar-refractivity contribution in [3.63, 3.8) is 0 Å². The molecule has 0 aliphatic rings. The standard InChI is InChI=1S/C11H16N2O2/c1-13-11(14)7-10(12)8-4-3-5-9(6-8)15-2/h3-6,10H,7,12H2,1-2H3,(H,13,14)/t10-/m0/s1. The molecule has 4 heteroatoms. The molecule has 0 aliphatic carbocycles. The maximum Gasteiger partial charge on any atom is 0.221 e. The number of hydrogen-bond acceptors (Lipinski definition) is 3. The highest BCUT2D eigenvalue weighted by Gasteiger charge is 2.10. The van der Waals surface area contributed by atoms with E-state index in [0.717, 1.165) is 11.3 Å². The zero-order valence-electron chi connectivity index (χ0n) is 8.99. The number of rotatable bonds is 4. The van der Waals surface area contributed by atoms with E-state index in [1.165, 1.54) is 0 Å². The van der Waals surface area contributed by atoms with E-state index in [-0.39, 0.29) is 18.4 Å². The second-order valence-corrected chi connectivity index (χ2v) is 3.26. The van der Waals surface area contributed by atoms with Gasteiger partial charge in [-0.25, -0.2) is 0 Å². The molecular weight excluding hydrogens is 192 g/mol. The van der Waals surface area contributed by atoms with Gasteiger partial charge in [-0.2, -0.15) is 0 Å². The summed E-state index contributed by atoms with van der Waals surface area (Å²) in [6, 6.07) is 7.14. The van der Waals surface area contributed by atoms with Crippen LogP contribution >= 0.6 is 0 Å². The molecule has 15 heavy (non-hydrogen) atoms. The van der Waals surface area contributed by atoms with Gasteiger partial charge in [0.05, 0.1) is 7.11 Å². The van der Waals surface area contributed by atoms with Gasteiger partial charge in [-0.3, -0.25) is 4.79 Å². The second-order valence-electron chi connectivity index (χ2n) is 3.26. The summed E-state index contributed by atoms with van der Waals surface area (Å²) in [6.45, 7) is 0. The molecule has 0 bridgehead atoms. The van der Waals surface area contributed by atoms with Crippen molar-refractivity contribution in [3.8, 4) is 5.75 Å². The van der Waals surface area contributed by atoms with Crippen LogP contribution in [0.1, 0.15) is 18.0 Å². The quantitative estimate of drug-likeness (QED) is 0.770. The molecule has 0 saturated carbocycles. The Bertz CT molecular complexity index is 339. The fraction of sp³-hybridized carbons (Fsp3) is 0.364. The molecule has 4 nitrogen and oxygen atoms in total. The Morgan fingerprint density at radius 3 is 2.93 bits per heavy atom. The number of amides is 1. The highest BCUT2D eigenvalue weighted by molar-refractivity contribution is 5.76. The number of methoxy groups -OCH3 is 1. The Kier molecular flexibility index (Phi) is 4.12. The molecule has 3 N–H and O–H groups in total. The summed E-state index contributed by atoms with van der Waals surface area (Å²) in [6.07, 6.45) is 0.281. The fourth-order valence-corrected chi connectivity index (χ4v) is 1.29. The summed E-state index contributed by atoms with van der Waals surface area (Å²) in [7, 11) is 3.20. The van der Waals surface area contributed by atoms with E-state index in [1.54, 1.807) is 14.2 Å². The van der Waals surface area contributed by atoms with Crippen LogP contribution in [0.15, 0.2) is 24.3 Å². The Morgan fingerprint density at radius 1 is 1.60 bits per heavy atom. The van der Waals surface area contributed by atoms with E-state index in [0.29, 0.717) is 0 Å². The van der Waals surface area contributed by atoms with Crippen molar-refractivity contribution in [2.45, 2.75) is 12.5 Å². The van der Waals surface area contributed by atoms with Gasteiger partial charge in [0.15, 0.2) is 0 Å². The van der Waals surface area contributed by atoms with E-state index in [1.807, 2.05) is 24.3 Å². The zero-order valence-corrected chi connectivity index (χ0v) is 8.99. The van der Waals surface area contributed by atoms with Crippen molar-refractivity contribution in [1.29, 1.82) is 0 Å². The van der Waals surface area contributed by atoms with Gasteiger partial charge in [0.25, 0.3) is 0 Å². The second kappa shape index (κ2) is 5.36. The number of nitrogens with one attached hydrogen (secondary N) is 1. The number of carbonyl (C=O) groups excluding carboxylic acids is 1. The largest absolute Gasteiger partial charge is 0.497 e. The van der Waals surface area contributed by atoms with Gasteiger partial charge in [0.2, 0.25) is 5.91 Å². The average Bonchev–Trinajstić information content (AvgIpc) is 2.28. The Labute approximate surface area is 89.4 Å². The van der Waals surface area contributed by atoms with Crippen LogP contribution in [0.25, 0.3) is 0 Å². The van der Waals surface area contributed by atoms with E-state index in [9.17, 15) is 4.79 Å². The lowest BCUT2D eigenvalue weighted by molar-refractivity contribution is -0.120. The van der Waals surface area contributed by atoms with Crippen LogP contribution in [0.4, 0.5) is 0 Å². The van der Waals surface area contributed by atoms with Crippen LogP contribution in [0.3, 0.4) is 0 Å². The first-order chi connectivity index (χ1) is 7.17. The highest BCUT2D eigenvalue weighted by Crippen LogP contribution is 2.19. The molecule has 0 radical (unpaired) electrons. The van der Waals surface area contributed by atoms with Gasteiger partial charge < -0.3 is 15.8 Å². The first-order valence-corrected chi connectivity index (χ1v) is 4.77. The minimum absolute atomic E-state index is 0.0645. The molecule has 1 amide bonds. The Hall–Kier alpha value is -1.55. The van der Waals surface area contributed by atoms with Crippen LogP contribution < -0.4 is 15.8 Å². The molecule has 0 unspecified atom stereocenters. The van der Waals surface area contributed by atoms with Gasteiger partial charge in [0.1, 0.15) is 5.75 Å². The van der Waals surface area contributed by atoms with E-state index >= 15 is 0 Å². The van der Waals surface area contributed by atoms with Gasteiger partial charge in [-0.15, -0.1) is 0 Å². The SMILES string of the molecule is CNC(=O)C[C@H](N)c1cccc(OC)c1. The molecule has 1 aromatic carbocycles. The summed E-state index contributed by atoms with van der Waals surface area (Å²) < 4.78 is 5.08. The number of nitrogens with two attached hydrogens (primary N) is 1. The maximum absolute atomic E-state index is 11.1. The molecule has 1 aromatic rings. The van der Waals surface area contributed by atoms with Crippen molar-refractivity contribution in [3.05, 3.63) is 29.8 Å². The molecule has 0 fully saturated rings. The third-order valence-corrected chi connectivity index (χ3v) is 2.21. The zero-order chi connectivity index (χ0) is 11.3. The summed E-state index contributed by atoms with van der Waals surface area (Å²) in [5, 5.41) is 2.54. The van der Waals surface area contributed by atoms with Crippen LogP contribution in [0, 0.1) is 0 Å². The highest BCUT2D eigenvalue weighted by atomic mass is 16.5. The summed E-state index contributed by atoms with van der Waals surface area (Å²) in [5.41, 5.74) is 6.78. The van der Waals surface area contributed by atoms with Crippen molar-refractivity contribution in [2.24, 2.45) is 5.73 Å². The van der Waals surface area contributed by atoms with E-state index in [2.05, 4.69) is 5.32 Å². The van der Waals surface area contributed by atoms with Crippen molar-refractivity contribution in [2.75, 3.05) is 14.2 Å². The number of hydrogen-bond donors (Lipinski definition) is 2. The summed E-state index contributed by atoms with van der Waals surface area (Å²) >= 11 is 0. The summed E-state index contributed by atoms with van der Waals surface area (Å²) in [5.74, 6) is 0.685. The third kappa shape index (κ3) is 3.25. The van der Waals surface area contributed by atoms with Crippen molar-refractivity contribution < 1.29 is 9.53 Å². The number of carbonyl (C=O) groups is 1. The molecule has 0 aliphatic heterocycles. The van der Waals surface area contributed by atoms with Crippen molar-refractivity contribution >= 4 is 5.91 Å².